The van der Waals surface area contributed by atoms with Crippen LogP contribution in [-0.4, -0.2) is 40.8 Å². The zero-order valence-corrected chi connectivity index (χ0v) is 11.9. The molecule has 3 aromatic rings. The Morgan fingerprint density at radius 3 is 2.59 bits per heavy atom. The molecule has 6 heteroatoms. The predicted octanol–water partition coefficient (Wildman–Crippen LogP) is 2.40. The van der Waals surface area contributed by atoms with E-state index in [1.54, 1.807) is 6.07 Å². The van der Waals surface area contributed by atoms with Gasteiger partial charge in [-0.05, 0) is 30.3 Å². The highest BCUT2D eigenvalue weighted by Crippen LogP contribution is 2.26. The lowest BCUT2D eigenvalue weighted by atomic mass is 10.2. The Morgan fingerprint density at radius 2 is 1.82 bits per heavy atom. The highest BCUT2D eigenvalue weighted by molar-refractivity contribution is 5.90. The minimum atomic E-state index is -0.278. The molecule has 4 rings (SSSR count). The number of benzene rings is 1. The fourth-order valence-corrected chi connectivity index (χ4v) is 2.67. The molecule has 1 saturated heterocycles. The molecule has 1 aliphatic heterocycles. The normalized spacial score (nSPS) is 15.4. The number of morpholine rings is 1. The quantitative estimate of drug-likeness (QED) is 0.728. The molecule has 1 fully saturated rings. The fourth-order valence-electron chi connectivity index (χ4n) is 2.67. The Labute approximate surface area is 127 Å². The highest BCUT2D eigenvalue weighted by Gasteiger charge is 2.18. The summed E-state index contributed by atoms with van der Waals surface area (Å²) in [5.41, 5.74) is 0.738. The van der Waals surface area contributed by atoms with Gasteiger partial charge in [0.1, 0.15) is 11.6 Å². The Morgan fingerprint density at radius 1 is 1.05 bits per heavy atom. The first kappa shape index (κ1) is 13.2. The summed E-state index contributed by atoms with van der Waals surface area (Å²) in [4.78, 5) is 11.3. The van der Waals surface area contributed by atoms with E-state index >= 15 is 0 Å². The summed E-state index contributed by atoms with van der Waals surface area (Å²) in [6.07, 6.45) is 3.79. The van der Waals surface area contributed by atoms with Gasteiger partial charge in [-0.15, -0.1) is 0 Å². The van der Waals surface area contributed by atoms with E-state index in [2.05, 4.69) is 14.9 Å². The lowest BCUT2D eigenvalue weighted by Gasteiger charge is -2.29. The second-order valence-electron chi connectivity index (χ2n) is 5.20. The minimum absolute atomic E-state index is 0.278. The van der Waals surface area contributed by atoms with E-state index in [1.165, 1.54) is 12.1 Å². The summed E-state index contributed by atoms with van der Waals surface area (Å²) >= 11 is 0. The first-order valence-electron chi connectivity index (χ1n) is 7.24. The molecule has 22 heavy (non-hydrogen) atoms. The maximum Gasteiger partial charge on any atom is 0.236 e. The lowest BCUT2D eigenvalue weighted by Crippen LogP contribution is -2.37. The van der Waals surface area contributed by atoms with Crippen molar-refractivity contribution in [2.75, 3.05) is 31.2 Å². The summed E-state index contributed by atoms with van der Waals surface area (Å²) in [7, 11) is 0. The third kappa shape index (κ3) is 2.31. The summed E-state index contributed by atoms with van der Waals surface area (Å²) in [6, 6.07) is 8.47. The van der Waals surface area contributed by atoms with Gasteiger partial charge >= 0.3 is 0 Å². The van der Waals surface area contributed by atoms with Crippen LogP contribution in [0.3, 0.4) is 0 Å². The molecule has 0 spiro atoms. The summed E-state index contributed by atoms with van der Waals surface area (Å²) in [6.45, 7) is 2.79. The van der Waals surface area contributed by atoms with Crippen LogP contribution < -0.4 is 4.90 Å². The Kier molecular flexibility index (Phi) is 3.23. The molecule has 0 unspecified atom stereocenters. The first-order chi connectivity index (χ1) is 10.8. The highest BCUT2D eigenvalue weighted by atomic mass is 19.1. The van der Waals surface area contributed by atoms with Gasteiger partial charge in [-0.25, -0.2) is 9.37 Å². The molecule has 0 radical (unpaired) electrons. The molecule has 0 saturated carbocycles. The first-order valence-corrected chi connectivity index (χ1v) is 7.24. The third-order valence-electron chi connectivity index (χ3n) is 3.77. The van der Waals surface area contributed by atoms with Crippen molar-refractivity contribution in [2.24, 2.45) is 0 Å². The smallest absolute Gasteiger partial charge is 0.236 e. The van der Waals surface area contributed by atoms with E-state index in [1.807, 2.05) is 29.1 Å². The Bertz CT molecular complexity index is 797. The summed E-state index contributed by atoms with van der Waals surface area (Å²) in [5.74, 6) is 1.07. The van der Waals surface area contributed by atoms with E-state index in [9.17, 15) is 4.39 Å². The van der Waals surface area contributed by atoms with E-state index in [-0.39, 0.29) is 5.82 Å². The number of hydrogen-bond donors (Lipinski definition) is 0. The maximum atomic E-state index is 13.7. The van der Waals surface area contributed by atoms with Gasteiger partial charge in [0.05, 0.1) is 18.7 Å². The van der Waals surface area contributed by atoms with Crippen LogP contribution in [0.25, 0.3) is 16.9 Å². The molecule has 0 bridgehead atoms. The van der Waals surface area contributed by atoms with Gasteiger partial charge in [-0.3, -0.25) is 4.57 Å². The molecule has 0 atom stereocenters. The number of anilines is 1. The zero-order valence-electron chi connectivity index (χ0n) is 11.9. The number of halogens is 1. The SMILES string of the molecule is Fc1ccc2nc(-n3cccc3)nc(N3CCOCC3)c2c1. The van der Waals surface area contributed by atoms with Crippen molar-refractivity contribution in [3.63, 3.8) is 0 Å². The van der Waals surface area contributed by atoms with Gasteiger partial charge in [0, 0.05) is 30.9 Å². The topological polar surface area (TPSA) is 43.2 Å². The maximum absolute atomic E-state index is 13.7. The average molecular weight is 298 g/mol. The zero-order chi connectivity index (χ0) is 14.9. The van der Waals surface area contributed by atoms with Gasteiger partial charge in [-0.2, -0.15) is 4.98 Å². The van der Waals surface area contributed by atoms with E-state index in [4.69, 9.17) is 4.74 Å². The van der Waals surface area contributed by atoms with Crippen molar-refractivity contribution in [1.29, 1.82) is 0 Å². The van der Waals surface area contributed by atoms with Crippen LogP contribution in [-0.2, 0) is 4.74 Å². The second kappa shape index (κ2) is 5.38. The van der Waals surface area contributed by atoms with Crippen molar-refractivity contribution in [1.82, 2.24) is 14.5 Å². The summed E-state index contributed by atoms with van der Waals surface area (Å²) in [5, 5.41) is 0.734. The summed E-state index contributed by atoms with van der Waals surface area (Å²) < 4.78 is 20.9. The van der Waals surface area contributed by atoms with Crippen LogP contribution >= 0.6 is 0 Å². The molecule has 1 aliphatic rings. The molecule has 112 valence electrons. The molecule has 0 amide bonds. The van der Waals surface area contributed by atoms with Gasteiger partial charge in [0.2, 0.25) is 5.95 Å². The number of hydrogen-bond acceptors (Lipinski definition) is 4. The van der Waals surface area contributed by atoms with E-state index < -0.39 is 0 Å². The van der Waals surface area contributed by atoms with Crippen molar-refractivity contribution in [2.45, 2.75) is 0 Å². The Balaban J connectivity index is 1.92. The van der Waals surface area contributed by atoms with Gasteiger partial charge in [0.25, 0.3) is 0 Å². The van der Waals surface area contributed by atoms with Crippen LogP contribution in [0.4, 0.5) is 10.2 Å². The standard InChI is InChI=1S/C16H15FN4O/c17-12-3-4-14-13(11-12)15(20-7-9-22-10-8-20)19-16(18-14)21-5-1-2-6-21/h1-6,11H,7-10H2. The van der Waals surface area contributed by atoms with Crippen molar-refractivity contribution >= 4 is 16.7 Å². The van der Waals surface area contributed by atoms with Crippen LogP contribution in [0.2, 0.25) is 0 Å². The molecule has 3 heterocycles. The molecular weight excluding hydrogens is 283 g/mol. The van der Waals surface area contributed by atoms with Crippen LogP contribution in [0.15, 0.2) is 42.7 Å². The molecular formula is C16H15FN4O. The average Bonchev–Trinajstić information content (AvgIpc) is 3.09. The van der Waals surface area contributed by atoms with Crippen molar-refractivity contribution in [3.8, 4) is 5.95 Å². The number of ether oxygens (including phenoxy) is 1. The van der Waals surface area contributed by atoms with Crippen LogP contribution in [0.5, 0.6) is 0 Å². The largest absolute Gasteiger partial charge is 0.378 e. The van der Waals surface area contributed by atoms with E-state index in [0.29, 0.717) is 19.2 Å². The van der Waals surface area contributed by atoms with Crippen LogP contribution in [0, 0.1) is 5.82 Å². The number of fused-ring (bicyclic) bond motifs is 1. The molecule has 1 aromatic carbocycles. The fraction of sp³-hybridized carbons (Fsp3) is 0.250. The van der Waals surface area contributed by atoms with E-state index in [0.717, 1.165) is 29.8 Å². The molecule has 0 aliphatic carbocycles. The van der Waals surface area contributed by atoms with Gasteiger partial charge < -0.3 is 9.64 Å². The predicted molar refractivity (Wildman–Crippen MR) is 81.9 cm³/mol. The number of nitrogens with zero attached hydrogens (tertiary/aromatic N) is 4. The second-order valence-corrected chi connectivity index (χ2v) is 5.20. The van der Waals surface area contributed by atoms with Gasteiger partial charge in [-0.1, -0.05) is 0 Å². The Hall–Kier alpha value is -2.47. The number of rotatable bonds is 2. The lowest BCUT2D eigenvalue weighted by molar-refractivity contribution is 0.122. The molecule has 5 nitrogen and oxygen atoms in total. The number of aromatic nitrogens is 3. The van der Waals surface area contributed by atoms with Crippen molar-refractivity contribution in [3.05, 3.63) is 48.5 Å². The van der Waals surface area contributed by atoms with Crippen LogP contribution in [0.1, 0.15) is 0 Å². The van der Waals surface area contributed by atoms with Crippen molar-refractivity contribution < 1.29 is 9.13 Å². The van der Waals surface area contributed by atoms with Gasteiger partial charge in [0.15, 0.2) is 0 Å². The monoisotopic (exact) mass is 298 g/mol. The molecule has 0 N–H and O–H groups in total. The molecule has 2 aromatic heterocycles. The minimum Gasteiger partial charge on any atom is -0.378 e. The third-order valence-corrected chi connectivity index (χ3v) is 3.77.